The first-order valence-corrected chi connectivity index (χ1v) is 4.81. The van der Waals surface area contributed by atoms with E-state index >= 15 is 0 Å². The van der Waals surface area contributed by atoms with Gasteiger partial charge in [-0.1, -0.05) is 6.42 Å². The summed E-state index contributed by atoms with van der Waals surface area (Å²) in [4.78, 5) is 11.1. The first kappa shape index (κ1) is 9.06. The highest BCUT2D eigenvalue weighted by Crippen LogP contribution is 2.39. The fraction of sp³-hybridized carbons (Fsp3) is 0.364. The van der Waals surface area contributed by atoms with Gasteiger partial charge in [0.05, 0.1) is 0 Å². The zero-order valence-electron chi connectivity index (χ0n) is 7.86. The van der Waals surface area contributed by atoms with Crippen molar-refractivity contribution in [1.82, 2.24) is 0 Å². The lowest BCUT2D eigenvalue weighted by atomic mass is 9.78. The fourth-order valence-electron chi connectivity index (χ4n) is 1.83. The van der Waals surface area contributed by atoms with Crippen LogP contribution in [-0.2, 0) is 0 Å². The summed E-state index contributed by atoms with van der Waals surface area (Å²) in [6, 6.07) is 4.76. The monoisotopic (exact) mass is 191 g/mol. The second kappa shape index (κ2) is 3.33. The van der Waals surface area contributed by atoms with Crippen LogP contribution in [0.4, 0.5) is 0 Å². The van der Waals surface area contributed by atoms with Gasteiger partial charge in [-0.05, 0) is 42.5 Å². The highest BCUT2D eigenvalue weighted by atomic mass is 16.3. The maximum absolute atomic E-state index is 11.1. The van der Waals surface area contributed by atoms with Gasteiger partial charge in [0, 0.05) is 5.56 Å². The van der Waals surface area contributed by atoms with Gasteiger partial charge in [-0.25, -0.2) is 0 Å². The van der Waals surface area contributed by atoms with Crippen molar-refractivity contribution in [2.24, 2.45) is 5.73 Å². The van der Waals surface area contributed by atoms with Gasteiger partial charge in [-0.15, -0.1) is 0 Å². The Balaban J connectivity index is 2.42. The lowest BCUT2D eigenvalue weighted by Crippen LogP contribution is -2.18. The van der Waals surface area contributed by atoms with Crippen LogP contribution in [0.1, 0.15) is 41.1 Å². The van der Waals surface area contributed by atoms with Crippen molar-refractivity contribution in [3.63, 3.8) is 0 Å². The standard InChI is InChI=1S/C11H13NO2/c12-11(14)9-5-4-8(13)6-10(9)7-2-1-3-7/h4-7,13H,1-3H2,(H2,12,14). The van der Waals surface area contributed by atoms with Crippen LogP contribution in [-0.4, -0.2) is 11.0 Å². The van der Waals surface area contributed by atoms with E-state index in [1.165, 1.54) is 12.5 Å². The molecule has 0 aromatic heterocycles. The molecule has 1 fully saturated rings. The molecule has 0 heterocycles. The van der Waals surface area contributed by atoms with Crippen LogP contribution < -0.4 is 5.73 Å². The molecule has 0 bridgehead atoms. The number of carbonyl (C=O) groups is 1. The van der Waals surface area contributed by atoms with E-state index in [9.17, 15) is 9.90 Å². The molecule has 0 atom stereocenters. The molecule has 74 valence electrons. The molecule has 0 radical (unpaired) electrons. The van der Waals surface area contributed by atoms with Crippen molar-refractivity contribution >= 4 is 5.91 Å². The number of rotatable bonds is 2. The zero-order chi connectivity index (χ0) is 10.1. The molecule has 3 nitrogen and oxygen atoms in total. The summed E-state index contributed by atoms with van der Waals surface area (Å²) >= 11 is 0. The number of primary amides is 1. The van der Waals surface area contributed by atoms with Crippen molar-refractivity contribution in [1.29, 1.82) is 0 Å². The van der Waals surface area contributed by atoms with Gasteiger partial charge in [0.1, 0.15) is 5.75 Å². The second-order valence-corrected chi connectivity index (χ2v) is 3.76. The molecule has 14 heavy (non-hydrogen) atoms. The van der Waals surface area contributed by atoms with E-state index in [0.29, 0.717) is 11.5 Å². The van der Waals surface area contributed by atoms with Crippen LogP contribution in [0.15, 0.2) is 18.2 Å². The molecule has 3 heteroatoms. The Morgan fingerprint density at radius 1 is 1.43 bits per heavy atom. The normalized spacial score (nSPS) is 16.3. The minimum absolute atomic E-state index is 0.205. The van der Waals surface area contributed by atoms with Gasteiger partial charge >= 0.3 is 0 Å². The number of amides is 1. The van der Waals surface area contributed by atoms with Crippen molar-refractivity contribution in [2.45, 2.75) is 25.2 Å². The Bertz CT molecular complexity index is 370. The molecule has 1 aromatic rings. The van der Waals surface area contributed by atoms with Gasteiger partial charge in [-0.2, -0.15) is 0 Å². The van der Waals surface area contributed by atoms with Crippen LogP contribution in [0.5, 0.6) is 5.75 Å². The van der Waals surface area contributed by atoms with E-state index in [1.807, 2.05) is 0 Å². The summed E-state index contributed by atoms with van der Waals surface area (Å²) in [5.41, 5.74) is 6.72. The largest absolute Gasteiger partial charge is 0.508 e. The van der Waals surface area contributed by atoms with Gasteiger partial charge in [0.15, 0.2) is 0 Å². The predicted octanol–water partition coefficient (Wildman–Crippen LogP) is 1.76. The first-order chi connectivity index (χ1) is 6.68. The molecule has 0 spiro atoms. The Morgan fingerprint density at radius 3 is 2.64 bits per heavy atom. The van der Waals surface area contributed by atoms with E-state index in [2.05, 4.69) is 0 Å². The third kappa shape index (κ3) is 1.45. The van der Waals surface area contributed by atoms with E-state index < -0.39 is 5.91 Å². The van der Waals surface area contributed by atoms with Crippen molar-refractivity contribution in [2.75, 3.05) is 0 Å². The summed E-state index contributed by atoms with van der Waals surface area (Å²) in [6.07, 6.45) is 3.37. The number of hydrogen-bond donors (Lipinski definition) is 2. The Morgan fingerprint density at radius 2 is 2.14 bits per heavy atom. The minimum atomic E-state index is -0.410. The van der Waals surface area contributed by atoms with Crippen molar-refractivity contribution in [3.05, 3.63) is 29.3 Å². The van der Waals surface area contributed by atoms with Gasteiger partial charge in [0.2, 0.25) is 5.91 Å². The molecule has 0 unspecified atom stereocenters. The Hall–Kier alpha value is -1.51. The average molecular weight is 191 g/mol. The van der Waals surface area contributed by atoms with E-state index in [0.717, 1.165) is 18.4 Å². The smallest absolute Gasteiger partial charge is 0.248 e. The maximum Gasteiger partial charge on any atom is 0.248 e. The van der Waals surface area contributed by atoms with E-state index in [4.69, 9.17) is 5.73 Å². The second-order valence-electron chi connectivity index (χ2n) is 3.76. The maximum atomic E-state index is 11.1. The number of carbonyl (C=O) groups excluding carboxylic acids is 1. The molecular weight excluding hydrogens is 178 g/mol. The topological polar surface area (TPSA) is 63.3 Å². The lowest BCUT2D eigenvalue weighted by molar-refractivity contribution is 0.0998. The number of benzene rings is 1. The zero-order valence-corrected chi connectivity index (χ0v) is 7.86. The number of aromatic hydroxyl groups is 1. The quantitative estimate of drug-likeness (QED) is 0.748. The molecule has 1 aliphatic rings. The Kier molecular flexibility index (Phi) is 2.15. The molecule has 2 rings (SSSR count). The van der Waals surface area contributed by atoms with Gasteiger partial charge in [-0.3, -0.25) is 4.79 Å². The molecule has 1 saturated carbocycles. The molecule has 1 amide bonds. The highest BCUT2D eigenvalue weighted by molar-refractivity contribution is 5.94. The number of nitrogens with two attached hydrogens (primary N) is 1. The average Bonchev–Trinajstić information content (AvgIpc) is 2.00. The number of hydrogen-bond acceptors (Lipinski definition) is 2. The van der Waals surface area contributed by atoms with Crippen LogP contribution in [0.2, 0.25) is 0 Å². The van der Waals surface area contributed by atoms with Gasteiger partial charge < -0.3 is 10.8 Å². The third-order valence-electron chi connectivity index (χ3n) is 2.85. The summed E-state index contributed by atoms with van der Waals surface area (Å²) in [6.45, 7) is 0. The summed E-state index contributed by atoms with van der Waals surface area (Å²) in [7, 11) is 0. The summed E-state index contributed by atoms with van der Waals surface area (Å²) < 4.78 is 0. The lowest BCUT2D eigenvalue weighted by Gasteiger charge is -2.27. The summed E-state index contributed by atoms with van der Waals surface area (Å²) in [5, 5.41) is 9.34. The highest BCUT2D eigenvalue weighted by Gasteiger charge is 2.23. The van der Waals surface area contributed by atoms with Crippen LogP contribution >= 0.6 is 0 Å². The fourth-order valence-corrected chi connectivity index (χ4v) is 1.83. The molecule has 0 saturated heterocycles. The van der Waals surface area contributed by atoms with Crippen LogP contribution in [0.3, 0.4) is 0 Å². The first-order valence-electron chi connectivity index (χ1n) is 4.81. The number of phenols is 1. The van der Waals surface area contributed by atoms with Crippen LogP contribution in [0, 0.1) is 0 Å². The SMILES string of the molecule is NC(=O)c1ccc(O)cc1C1CCC1. The van der Waals surface area contributed by atoms with Crippen LogP contribution in [0.25, 0.3) is 0 Å². The molecule has 0 aliphatic heterocycles. The summed E-state index contributed by atoms with van der Waals surface area (Å²) in [5.74, 6) is 0.202. The van der Waals surface area contributed by atoms with E-state index in [-0.39, 0.29) is 5.75 Å². The molecule has 1 aromatic carbocycles. The third-order valence-corrected chi connectivity index (χ3v) is 2.85. The molecule has 3 N–H and O–H groups in total. The van der Waals surface area contributed by atoms with E-state index in [1.54, 1.807) is 12.1 Å². The Labute approximate surface area is 82.5 Å². The minimum Gasteiger partial charge on any atom is -0.508 e. The molecular formula is C11H13NO2. The molecule has 1 aliphatic carbocycles. The number of phenolic OH excluding ortho intramolecular Hbond substituents is 1. The van der Waals surface area contributed by atoms with Crippen molar-refractivity contribution < 1.29 is 9.90 Å². The van der Waals surface area contributed by atoms with Gasteiger partial charge in [0.25, 0.3) is 0 Å². The van der Waals surface area contributed by atoms with Crippen molar-refractivity contribution in [3.8, 4) is 5.75 Å². The predicted molar refractivity (Wildman–Crippen MR) is 53.2 cm³/mol.